The summed E-state index contributed by atoms with van der Waals surface area (Å²) in [6.45, 7) is 8.96. The Morgan fingerprint density at radius 2 is 1.46 bits per heavy atom. The molecule has 0 atom stereocenters. The normalized spacial score (nSPS) is 15.3. The Labute approximate surface area is 236 Å². The first kappa shape index (κ1) is 32.7. The summed E-state index contributed by atoms with van der Waals surface area (Å²) in [5.41, 5.74) is -2.13. The molecule has 2 aromatic carbocycles. The van der Waals surface area contributed by atoms with Crippen LogP contribution in [0.3, 0.4) is 0 Å². The largest absolute Gasteiger partial charge is 0.489 e. The van der Waals surface area contributed by atoms with Crippen LogP contribution in [0.1, 0.15) is 36.1 Å². The number of esters is 1. The Bertz CT molecular complexity index is 1080. The van der Waals surface area contributed by atoms with Crippen molar-refractivity contribution in [2.45, 2.75) is 39.2 Å². The molecule has 6 nitrogen and oxygen atoms in total. The average molecular weight is 591 g/mol. The van der Waals surface area contributed by atoms with E-state index in [1.165, 1.54) is 0 Å². The van der Waals surface area contributed by atoms with Crippen molar-refractivity contribution in [2.75, 3.05) is 59.1 Å². The highest BCUT2D eigenvalue weighted by molar-refractivity contribution is 5.70. The number of alkyl halides is 6. The molecule has 3 rings (SSSR count). The van der Waals surface area contributed by atoms with E-state index >= 15 is 0 Å². The highest BCUT2D eigenvalue weighted by atomic mass is 19.4. The lowest BCUT2D eigenvalue weighted by molar-refractivity contribution is -0.150. The van der Waals surface area contributed by atoms with Gasteiger partial charge in [0.05, 0.1) is 24.3 Å². The lowest BCUT2D eigenvalue weighted by atomic mass is 10.0. The summed E-state index contributed by atoms with van der Waals surface area (Å²) in [4.78, 5) is 16.1. The quantitative estimate of drug-likeness (QED) is 0.170. The molecule has 0 radical (unpaired) electrons. The number of benzene rings is 2. The minimum atomic E-state index is -4.91. The molecule has 0 aliphatic carbocycles. The SMILES string of the molecule is CC(C)COC(=O)COCCN1CCN(CCc2ccccc2OCc2cc(C(F)(F)F)cc(C(F)(F)F)c2)CC1. The molecule has 0 amide bonds. The van der Waals surface area contributed by atoms with E-state index in [0.29, 0.717) is 50.6 Å². The number of piperazine rings is 1. The van der Waals surface area contributed by atoms with Gasteiger partial charge in [0.2, 0.25) is 0 Å². The van der Waals surface area contributed by atoms with E-state index in [0.717, 1.165) is 31.7 Å². The summed E-state index contributed by atoms with van der Waals surface area (Å²) in [6.07, 6.45) is -9.22. The molecule has 0 aromatic heterocycles. The fourth-order valence-electron chi connectivity index (χ4n) is 4.28. The van der Waals surface area contributed by atoms with E-state index in [1.54, 1.807) is 12.1 Å². The predicted molar refractivity (Wildman–Crippen MR) is 140 cm³/mol. The lowest BCUT2D eigenvalue weighted by Crippen LogP contribution is -2.47. The molecule has 0 bridgehead atoms. The molecular formula is C29H36F6N2O4. The van der Waals surface area contributed by atoms with E-state index in [9.17, 15) is 31.1 Å². The summed E-state index contributed by atoms with van der Waals surface area (Å²) in [6, 6.07) is 8.48. The Hall–Kier alpha value is -2.83. The van der Waals surface area contributed by atoms with E-state index in [-0.39, 0.29) is 30.1 Å². The highest BCUT2D eigenvalue weighted by Crippen LogP contribution is 2.36. The number of carbonyl (C=O) groups is 1. The summed E-state index contributed by atoms with van der Waals surface area (Å²) in [5.74, 6) is 0.325. The van der Waals surface area contributed by atoms with Gasteiger partial charge in [-0.15, -0.1) is 0 Å². The van der Waals surface area contributed by atoms with Crippen molar-refractivity contribution in [3.8, 4) is 5.75 Å². The fourth-order valence-corrected chi connectivity index (χ4v) is 4.28. The fraction of sp³-hybridized carbons (Fsp3) is 0.552. The topological polar surface area (TPSA) is 51.2 Å². The van der Waals surface area contributed by atoms with E-state index < -0.39 is 30.1 Å². The minimum Gasteiger partial charge on any atom is -0.489 e. The van der Waals surface area contributed by atoms with Gasteiger partial charge in [0.15, 0.2) is 0 Å². The van der Waals surface area contributed by atoms with Gasteiger partial charge in [-0.3, -0.25) is 4.90 Å². The lowest BCUT2D eigenvalue weighted by Gasteiger charge is -2.34. The molecule has 0 saturated carbocycles. The van der Waals surface area contributed by atoms with Crippen LogP contribution in [0.5, 0.6) is 5.75 Å². The second kappa shape index (κ2) is 14.9. The molecule has 0 N–H and O–H groups in total. The number of rotatable bonds is 13. The summed E-state index contributed by atoms with van der Waals surface area (Å²) >= 11 is 0. The third-order valence-electron chi connectivity index (χ3n) is 6.53. The van der Waals surface area contributed by atoms with Crippen LogP contribution in [0.2, 0.25) is 0 Å². The van der Waals surface area contributed by atoms with Crippen molar-refractivity contribution < 1.29 is 45.3 Å². The predicted octanol–water partition coefficient (Wildman–Crippen LogP) is 5.68. The maximum Gasteiger partial charge on any atom is 0.416 e. The number of carbonyl (C=O) groups excluding carboxylic acids is 1. The van der Waals surface area contributed by atoms with Gasteiger partial charge in [-0.1, -0.05) is 32.0 Å². The third kappa shape index (κ3) is 11.2. The maximum atomic E-state index is 13.2. The standard InChI is InChI=1S/C29H36F6N2O4/c1-21(2)18-41-27(38)20-39-14-13-37-11-9-36(10-12-37)8-7-23-5-3-4-6-26(23)40-19-22-15-24(28(30,31)32)17-25(16-22)29(33,34)35/h3-6,15-17,21H,7-14,18-20H2,1-2H3. The van der Waals surface area contributed by atoms with Gasteiger partial charge >= 0.3 is 18.3 Å². The second-order valence-corrected chi connectivity index (χ2v) is 10.4. The van der Waals surface area contributed by atoms with Crippen LogP contribution in [-0.4, -0.2) is 74.9 Å². The van der Waals surface area contributed by atoms with Gasteiger partial charge in [0.25, 0.3) is 0 Å². The van der Waals surface area contributed by atoms with E-state index in [2.05, 4.69) is 9.80 Å². The smallest absolute Gasteiger partial charge is 0.416 e. The number of ether oxygens (including phenoxy) is 3. The number of hydrogen-bond acceptors (Lipinski definition) is 6. The van der Waals surface area contributed by atoms with Crippen molar-refractivity contribution in [3.05, 3.63) is 64.7 Å². The van der Waals surface area contributed by atoms with Crippen molar-refractivity contribution >= 4 is 5.97 Å². The first-order chi connectivity index (χ1) is 19.3. The molecule has 1 aliphatic heterocycles. The summed E-state index contributed by atoms with van der Waals surface area (Å²) in [5, 5.41) is 0. The number of hydrogen-bond donors (Lipinski definition) is 0. The summed E-state index contributed by atoms with van der Waals surface area (Å²) < 4.78 is 95.3. The Balaban J connectivity index is 1.46. The molecule has 2 aromatic rings. The molecule has 1 fully saturated rings. The van der Waals surface area contributed by atoms with Gasteiger partial charge in [0.1, 0.15) is 19.0 Å². The molecule has 1 saturated heterocycles. The first-order valence-electron chi connectivity index (χ1n) is 13.5. The monoisotopic (exact) mass is 590 g/mol. The van der Waals surface area contributed by atoms with Crippen molar-refractivity contribution in [1.29, 1.82) is 0 Å². The molecule has 228 valence electrons. The van der Waals surface area contributed by atoms with E-state index in [4.69, 9.17) is 14.2 Å². The Morgan fingerprint density at radius 3 is 2.05 bits per heavy atom. The number of nitrogens with zero attached hydrogens (tertiary/aromatic N) is 2. The Morgan fingerprint density at radius 1 is 0.878 bits per heavy atom. The Kier molecular flexibility index (Phi) is 11.9. The van der Waals surface area contributed by atoms with Crippen LogP contribution in [0, 0.1) is 5.92 Å². The van der Waals surface area contributed by atoms with Crippen molar-refractivity contribution in [2.24, 2.45) is 5.92 Å². The van der Waals surface area contributed by atoms with Crippen LogP contribution in [0.4, 0.5) is 26.3 Å². The highest BCUT2D eigenvalue weighted by Gasteiger charge is 2.37. The summed E-state index contributed by atoms with van der Waals surface area (Å²) in [7, 11) is 0. The zero-order chi connectivity index (χ0) is 30.0. The minimum absolute atomic E-state index is 0.0641. The van der Waals surface area contributed by atoms with Gasteiger partial charge in [-0.05, 0) is 47.7 Å². The van der Waals surface area contributed by atoms with Gasteiger partial charge in [-0.2, -0.15) is 26.3 Å². The second-order valence-electron chi connectivity index (χ2n) is 10.4. The molecule has 41 heavy (non-hydrogen) atoms. The molecule has 1 aliphatic rings. The number of halogens is 6. The molecule has 1 heterocycles. The van der Waals surface area contributed by atoms with Crippen molar-refractivity contribution in [1.82, 2.24) is 9.80 Å². The number of para-hydroxylation sites is 1. The molecule has 0 unspecified atom stereocenters. The van der Waals surface area contributed by atoms with Crippen LogP contribution in [-0.2, 0) is 39.6 Å². The van der Waals surface area contributed by atoms with Crippen LogP contribution in [0.25, 0.3) is 0 Å². The third-order valence-corrected chi connectivity index (χ3v) is 6.53. The van der Waals surface area contributed by atoms with E-state index in [1.807, 2.05) is 26.0 Å². The zero-order valence-corrected chi connectivity index (χ0v) is 23.2. The van der Waals surface area contributed by atoms with Gasteiger partial charge in [-0.25, -0.2) is 4.79 Å². The van der Waals surface area contributed by atoms with Crippen LogP contribution < -0.4 is 4.74 Å². The van der Waals surface area contributed by atoms with Gasteiger partial charge in [0, 0.05) is 39.3 Å². The van der Waals surface area contributed by atoms with Crippen LogP contribution in [0.15, 0.2) is 42.5 Å². The maximum absolute atomic E-state index is 13.2. The molecule has 12 heteroatoms. The first-order valence-corrected chi connectivity index (χ1v) is 13.5. The average Bonchev–Trinajstić information content (AvgIpc) is 2.92. The molecule has 0 spiro atoms. The van der Waals surface area contributed by atoms with Crippen molar-refractivity contribution in [3.63, 3.8) is 0 Å². The van der Waals surface area contributed by atoms with Gasteiger partial charge < -0.3 is 19.1 Å². The van der Waals surface area contributed by atoms with Crippen LogP contribution >= 0.6 is 0 Å². The molecular weight excluding hydrogens is 554 g/mol. The zero-order valence-electron chi connectivity index (χ0n) is 23.2.